The quantitative estimate of drug-likeness (QED) is 0.566. The van der Waals surface area contributed by atoms with Gasteiger partial charge in [0.15, 0.2) is 0 Å². The highest BCUT2D eigenvalue weighted by Gasteiger charge is 2.23. The second-order valence-corrected chi connectivity index (χ2v) is 4.30. The molecule has 1 fully saturated rings. The normalized spacial score (nSPS) is 20.2. The monoisotopic (exact) mass is 200 g/mol. The molecule has 1 amide bonds. The number of amides is 1. The smallest absolute Gasteiger partial charge is 0.234 e. The molecular formula is C10H20N2O2. The summed E-state index contributed by atoms with van der Waals surface area (Å²) < 4.78 is 0. The van der Waals surface area contributed by atoms with Crippen molar-refractivity contribution in [3.63, 3.8) is 0 Å². The van der Waals surface area contributed by atoms with Gasteiger partial charge in [0, 0.05) is 12.6 Å². The first-order chi connectivity index (χ1) is 6.53. The maximum absolute atomic E-state index is 11.2. The molecule has 14 heavy (non-hydrogen) atoms. The van der Waals surface area contributed by atoms with E-state index in [1.54, 1.807) is 6.92 Å². The second-order valence-electron chi connectivity index (χ2n) is 4.30. The largest absolute Gasteiger partial charge is 0.389 e. The van der Waals surface area contributed by atoms with Gasteiger partial charge >= 0.3 is 0 Å². The maximum atomic E-state index is 11.2. The van der Waals surface area contributed by atoms with Crippen molar-refractivity contribution in [1.82, 2.24) is 10.6 Å². The molecule has 1 saturated carbocycles. The van der Waals surface area contributed by atoms with Gasteiger partial charge in [-0.2, -0.15) is 0 Å². The van der Waals surface area contributed by atoms with E-state index in [2.05, 4.69) is 10.6 Å². The van der Waals surface area contributed by atoms with Crippen molar-refractivity contribution < 1.29 is 9.90 Å². The molecule has 0 aromatic heterocycles. The first-order valence-corrected chi connectivity index (χ1v) is 5.26. The molecule has 0 aliphatic heterocycles. The van der Waals surface area contributed by atoms with Gasteiger partial charge in [0.1, 0.15) is 0 Å². The molecule has 1 aliphatic rings. The lowest BCUT2D eigenvalue weighted by molar-refractivity contribution is -0.120. The van der Waals surface area contributed by atoms with Crippen molar-refractivity contribution in [1.29, 1.82) is 0 Å². The van der Waals surface area contributed by atoms with Crippen molar-refractivity contribution in [2.75, 3.05) is 13.1 Å². The first kappa shape index (κ1) is 11.5. The summed E-state index contributed by atoms with van der Waals surface area (Å²) in [6, 6.07) is 0.413. The Hall–Kier alpha value is -0.610. The SMILES string of the molecule is CCC(C)(O)CNCC(=O)NC1CC1. The molecule has 82 valence electrons. The van der Waals surface area contributed by atoms with Crippen molar-refractivity contribution in [2.24, 2.45) is 0 Å². The van der Waals surface area contributed by atoms with Gasteiger partial charge in [-0.25, -0.2) is 0 Å². The molecule has 0 heterocycles. The van der Waals surface area contributed by atoms with Crippen LogP contribution in [0.4, 0.5) is 0 Å². The number of rotatable bonds is 6. The van der Waals surface area contributed by atoms with Gasteiger partial charge in [-0.15, -0.1) is 0 Å². The Morgan fingerprint density at radius 3 is 2.71 bits per heavy atom. The molecule has 1 atom stereocenters. The van der Waals surface area contributed by atoms with Gasteiger partial charge < -0.3 is 15.7 Å². The fourth-order valence-corrected chi connectivity index (χ4v) is 1.08. The summed E-state index contributed by atoms with van der Waals surface area (Å²) in [6.45, 7) is 4.44. The minimum absolute atomic E-state index is 0.0272. The van der Waals surface area contributed by atoms with Crippen LogP contribution in [0.3, 0.4) is 0 Å². The summed E-state index contributed by atoms with van der Waals surface area (Å²) in [5.74, 6) is 0.0272. The van der Waals surface area contributed by atoms with Gasteiger partial charge in [-0.05, 0) is 26.2 Å². The van der Waals surface area contributed by atoms with E-state index < -0.39 is 5.60 Å². The van der Waals surface area contributed by atoms with E-state index in [1.807, 2.05) is 6.92 Å². The molecule has 0 aromatic carbocycles. The van der Waals surface area contributed by atoms with Crippen LogP contribution in [0.5, 0.6) is 0 Å². The average Bonchev–Trinajstić information content (AvgIpc) is 2.88. The highest BCUT2D eigenvalue weighted by atomic mass is 16.3. The number of carbonyl (C=O) groups is 1. The standard InChI is InChI=1S/C10H20N2O2/c1-3-10(2,14)7-11-6-9(13)12-8-4-5-8/h8,11,14H,3-7H2,1-2H3,(H,12,13). The number of hydrogen-bond acceptors (Lipinski definition) is 3. The number of nitrogens with one attached hydrogen (secondary N) is 2. The molecular weight excluding hydrogens is 180 g/mol. The molecule has 3 N–H and O–H groups in total. The maximum Gasteiger partial charge on any atom is 0.234 e. The van der Waals surface area contributed by atoms with E-state index in [1.165, 1.54) is 0 Å². The van der Waals surface area contributed by atoms with E-state index in [0.717, 1.165) is 12.8 Å². The third-order valence-electron chi connectivity index (χ3n) is 2.50. The summed E-state index contributed by atoms with van der Waals surface area (Å²) in [5.41, 5.74) is -0.708. The van der Waals surface area contributed by atoms with Gasteiger partial charge in [0.25, 0.3) is 0 Å². The molecule has 1 unspecified atom stereocenters. The number of carbonyl (C=O) groups excluding carboxylic acids is 1. The van der Waals surface area contributed by atoms with Crippen LogP contribution >= 0.6 is 0 Å². The Bertz CT molecular complexity index is 200. The highest BCUT2D eigenvalue weighted by Crippen LogP contribution is 2.18. The molecule has 0 aromatic rings. The lowest BCUT2D eigenvalue weighted by Gasteiger charge is -2.21. The Morgan fingerprint density at radius 1 is 1.57 bits per heavy atom. The van der Waals surface area contributed by atoms with Crippen LogP contribution in [0.25, 0.3) is 0 Å². The molecule has 4 heteroatoms. The van der Waals surface area contributed by atoms with Crippen LogP contribution in [-0.4, -0.2) is 35.7 Å². The topological polar surface area (TPSA) is 61.4 Å². The van der Waals surface area contributed by atoms with Gasteiger partial charge in [0.05, 0.1) is 12.1 Å². The second kappa shape index (κ2) is 4.75. The zero-order chi connectivity index (χ0) is 10.6. The predicted molar refractivity (Wildman–Crippen MR) is 54.9 cm³/mol. The minimum atomic E-state index is -0.708. The Morgan fingerprint density at radius 2 is 2.21 bits per heavy atom. The molecule has 1 rings (SSSR count). The average molecular weight is 200 g/mol. The summed E-state index contributed by atoms with van der Waals surface area (Å²) in [6.07, 6.45) is 2.90. The third-order valence-corrected chi connectivity index (χ3v) is 2.50. The fraction of sp³-hybridized carbons (Fsp3) is 0.900. The van der Waals surface area contributed by atoms with E-state index in [0.29, 0.717) is 25.6 Å². The van der Waals surface area contributed by atoms with Crippen LogP contribution in [0.2, 0.25) is 0 Å². The number of aliphatic hydroxyl groups is 1. The summed E-state index contributed by atoms with van der Waals surface area (Å²) in [7, 11) is 0. The third kappa shape index (κ3) is 4.58. The fourth-order valence-electron chi connectivity index (χ4n) is 1.08. The Labute approximate surface area is 85.1 Å². The Balaban J connectivity index is 2.04. The van der Waals surface area contributed by atoms with E-state index in [9.17, 15) is 9.90 Å². The van der Waals surface area contributed by atoms with Crippen LogP contribution in [0, 0.1) is 0 Å². The highest BCUT2D eigenvalue weighted by molar-refractivity contribution is 5.78. The summed E-state index contributed by atoms with van der Waals surface area (Å²) >= 11 is 0. The van der Waals surface area contributed by atoms with Gasteiger partial charge in [-0.3, -0.25) is 4.79 Å². The van der Waals surface area contributed by atoms with E-state index >= 15 is 0 Å². The molecule has 0 saturated heterocycles. The molecule has 0 radical (unpaired) electrons. The first-order valence-electron chi connectivity index (χ1n) is 5.26. The van der Waals surface area contributed by atoms with Crippen molar-refractivity contribution >= 4 is 5.91 Å². The molecule has 0 spiro atoms. The van der Waals surface area contributed by atoms with Crippen LogP contribution < -0.4 is 10.6 Å². The zero-order valence-electron chi connectivity index (χ0n) is 8.97. The van der Waals surface area contributed by atoms with Crippen LogP contribution in [0.15, 0.2) is 0 Å². The Kier molecular flexibility index (Phi) is 3.89. The lowest BCUT2D eigenvalue weighted by Crippen LogP contribution is -2.42. The van der Waals surface area contributed by atoms with Crippen LogP contribution in [-0.2, 0) is 4.79 Å². The zero-order valence-corrected chi connectivity index (χ0v) is 8.97. The minimum Gasteiger partial charge on any atom is -0.389 e. The van der Waals surface area contributed by atoms with Crippen molar-refractivity contribution in [3.05, 3.63) is 0 Å². The van der Waals surface area contributed by atoms with Crippen molar-refractivity contribution in [3.8, 4) is 0 Å². The molecule has 1 aliphatic carbocycles. The van der Waals surface area contributed by atoms with E-state index in [-0.39, 0.29) is 5.91 Å². The summed E-state index contributed by atoms with van der Waals surface area (Å²) in [5, 5.41) is 15.5. The van der Waals surface area contributed by atoms with Gasteiger partial charge in [-0.1, -0.05) is 6.92 Å². The summed E-state index contributed by atoms with van der Waals surface area (Å²) in [4.78, 5) is 11.2. The predicted octanol–water partition coefficient (Wildman–Crippen LogP) is 0.0156. The van der Waals surface area contributed by atoms with Crippen molar-refractivity contribution in [2.45, 2.75) is 44.8 Å². The lowest BCUT2D eigenvalue weighted by atomic mass is 10.0. The number of hydrogen-bond donors (Lipinski definition) is 3. The van der Waals surface area contributed by atoms with Gasteiger partial charge in [0.2, 0.25) is 5.91 Å². The molecule has 0 bridgehead atoms. The van der Waals surface area contributed by atoms with E-state index in [4.69, 9.17) is 0 Å². The van der Waals surface area contributed by atoms with Crippen LogP contribution in [0.1, 0.15) is 33.1 Å². The molecule has 4 nitrogen and oxygen atoms in total.